The van der Waals surface area contributed by atoms with Gasteiger partial charge in [-0.1, -0.05) is 0 Å². The Morgan fingerprint density at radius 2 is 1.75 bits per heavy atom. The monoisotopic (exact) mass is 308 g/mol. The zero-order valence-electron chi connectivity index (χ0n) is 10.1. The minimum Gasteiger partial charge on any atom is -0.480 e. The zero-order valence-corrected chi connectivity index (χ0v) is 10.9. The third kappa shape index (κ3) is 4.46. The molecule has 0 bridgehead atoms. The second-order valence-electron chi connectivity index (χ2n) is 3.77. The van der Waals surface area contributed by atoms with Crippen molar-refractivity contribution in [3.05, 3.63) is 29.3 Å². The van der Waals surface area contributed by atoms with Crippen LogP contribution in [0.15, 0.2) is 12.1 Å². The van der Waals surface area contributed by atoms with Gasteiger partial charge < -0.3 is 10.4 Å². The van der Waals surface area contributed by atoms with Gasteiger partial charge in [0.15, 0.2) is 0 Å². The Kier molecular flexibility index (Phi) is 4.61. The van der Waals surface area contributed by atoms with Crippen molar-refractivity contribution < 1.29 is 31.9 Å². The van der Waals surface area contributed by atoms with Gasteiger partial charge in [0.2, 0.25) is 10.0 Å². The number of carbonyl (C=O) groups excluding carboxylic acids is 1. The van der Waals surface area contributed by atoms with Crippen LogP contribution in [-0.2, 0) is 14.8 Å². The number of carboxylic acid groups (broad SMARTS) is 1. The molecule has 1 rings (SSSR count). The summed E-state index contributed by atoms with van der Waals surface area (Å²) >= 11 is 0. The van der Waals surface area contributed by atoms with Crippen molar-refractivity contribution in [1.82, 2.24) is 5.32 Å². The number of sulfonamides is 1. The molecule has 20 heavy (non-hydrogen) atoms. The number of nitrogens with one attached hydrogen (secondary N) is 2. The molecular weight excluding hydrogens is 298 g/mol. The van der Waals surface area contributed by atoms with Crippen LogP contribution in [0.5, 0.6) is 0 Å². The van der Waals surface area contributed by atoms with Gasteiger partial charge in [-0.25, -0.2) is 17.2 Å². The van der Waals surface area contributed by atoms with E-state index >= 15 is 0 Å². The first-order valence-electron chi connectivity index (χ1n) is 5.07. The molecule has 1 aromatic rings. The average molecular weight is 308 g/mol. The minimum absolute atomic E-state index is 0.391. The first-order valence-corrected chi connectivity index (χ1v) is 6.96. The molecule has 0 saturated heterocycles. The van der Waals surface area contributed by atoms with Crippen molar-refractivity contribution in [2.24, 2.45) is 0 Å². The van der Waals surface area contributed by atoms with Gasteiger partial charge in [0.05, 0.1) is 11.9 Å². The van der Waals surface area contributed by atoms with E-state index in [1.165, 1.54) is 0 Å². The molecule has 0 radical (unpaired) electrons. The average Bonchev–Trinajstić information content (AvgIpc) is 2.22. The van der Waals surface area contributed by atoms with Gasteiger partial charge in [-0.05, 0) is 12.1 Å². The molecule has 0 spiro atoms. The van der Waals surface area contributed by atoms with Crippen molar-refractivity contribution in [3.63, 3.8) is 0 Å². The Hall–Kier alpha value is -2.23. The highest BCUT2D eigenvalue weighted by molar-refractivity contribution is 7.92. The van der Waals surface area contributed by atoms with Crippen LogP contribution in [-0.4, -0.2) is 38.2 Å². The van der Waals surface area contributed by atoms with E-state index in [1.54, 1.807) is 5.32 Å². The summed E-state index contributed by atoms with van der Waals surface area (Å²) in [5.41, 5.74) is -1.39. The van der Waals surface area contributed by atoms with Gasteiger partial charge in [-0.3, -0.25) is 14.3 Å². The van der Waals surface area contributed by atoms with Crippen molar-refractivity contribution in [1.29, 1.82) is 0 Å². The number of benzene rings is 1. The van der Waals surface area contributed by atoms with E-state index in [4.69, 9.17) is 5.11 Å². The molecule has 0 heterocycles. The van der Waals surface area contributed by atoms with E-state index in [9.17, 15) is 26.8 Å². The molecule has 3 N–H and O–H groups in total. The maximum atomic E-state index is 13.6. The Morgan fingerprint density at radius 3 is 2.15 bits per heavy atom. The summed E-state index contributed by atoms with van der Waals surface area (Å²) in [6.07, 6.45) is 0.788. The number of carboxylic acids is 1. The molecule has 0 aliphatic rings. The lowest BCUT2D eigenvalue weighted by molar-refractivity contribution is -0.135. The van der Waals surface area contributed by atoms with Gasteiger partial charge in [-0.15, -0.1) is 0 Å². The predicted molar refractivity (Wildman–Crippen MR) is 64.8 cm³/mol. The van der Waals surface area contributed by atoms with E-state index in [0.717, 1.165) is 6.26 Å². The molecule has 0 aromatic heterocycles. The molecule has 0 unspecified atom stereocenters. The lowest BCUT2D eigenvalue weighted by Crippen LogP contribution is -2.30. The first-order chi connectivity index (χ1) is 9.10. The second kappa shape index (κ2) is 5.82. The normalized spacial score (nSPS) is 10.9. The summed E-state index contributed by atoms with van der Waals surface area (Å²) < 4.78 is 50.8. The molecule has 1 aromatic carbocycles. The smallest absolute Gasteiger partial charge is 0.322 e. The fourth-order valence-corrected chi connectivity index (χ4v) is 1.85. The van der Waals surface area contributed by atoms with Crippen LogP contribution in [0.25, 0.3) is 0 Å². The number of halogens is 2. The molecule has 0 aliphatic heterocycles. The third-order valence-electron chi connectivity index (χ3n) is 1.97. The summed E-state index contributed by atoms with van der Waals surface area (Å²) in [5.74, 6) is -5.28. The quantitative estimate of drug-likeness (QED) is 0.717. The Bertz CT molecular complexity index is 637. The molecule has 0 fully saturated rings. The Morgan fingerprint density at radius 1 is 1.25 bits per heavy atom. The van der Waals surface area contributed by atoms with Gasteiger partial charge in [0.1, 0.15) is 23.7 Å². The fraction of sp³-hybridized carbons (Fsp3) is 0.200. The lowest BCUT2D eigenvalue weighted by Gasteiger charge is -2.08. The fourth-order valence-electron chi connectivity index (χ4n) is 1.31. The number of carbonyl (C=O) groups is 2. The number of hydrogen-bond donors (Lipinski definition) is 3. The molecule has 110 valence electrons. The number of amides is 1. The van der Waals surface area contributed by atoms with Crippen LogP contribution in [0.3, 0.4) is 0 Å². The molecule has 0 saturated carbocycles. The molecule has 1 amide bonds. The number of aliphatic carboxylic acids is 1. The van der Waals surface area contributed by atoms with E-state index < -0.39 is 51.3 Å². The summed E-state index contributed by atoms with van der Waals surface area (Å²) in [7, 11) is -3.73. The van der Waals surface area contributed by atoms with Crippen LogP contribution in [0.1, 0.15) is 10.4 Å². The Labute approximate surface area is 112 Å². The van der Waals surface area contributed by atoms with Gasteiger partial charge in [-0.2, -0.15) is 0 Å². The SMILES string of the molecule is CS(=O)(=O)Nc1cc(F)c(C(=O)NCC(=O)O)c(F)c1. The van der Waals surface area contributed by atoms with Crippen molar-refractivity contribution in [3.8, 4) is 0 Å². The highest BCUT2D eigenvalue weighted by atomic mass is 32.2. The van der Waals surface area contributed by atoms with Crippen LogP contribution >= 0.6 is 0 Å². The second-order valence-corrected chi connectivity index (χ2v) is 5.51. The summed E-state index contributed by atoms with van der Waals surface area (Å²) in [6, 6.07) is 1.22. The standard InChI is InChI=1S/C10H10F2N2O5S/c1-20(18,19)14-5-2-6(11)9(7(12)3-5)10(17)13-4-8(15)16/h2-3,14H,4H2,1H3,(H,13,17)(H,15,16). The highest BCUT2D eigenvalue weighted by Gasteiger charge is 2.20. The molecule has 0 aliphatic carbocycles. The number of hydrogen-bond acceptors (Lipinski definition) is 4. The molecule has 10 heteroatoms. The topological polar surface area (TPSA) is 113 Å². The van der Waals surface area contributed by atoms with Crippen molar-refractivity contribution in [2.75, 3.05) is 17.5 Å². The van der Waals surface area contributed by atoms with E-state index in [2.05, 4.69) is 0 Å². The number of rotatable bonds is 5. The van der Waals surface area contributed by atoms with E-state index in [-0.39, 0.29) is 0 Å². The van der Waals surface area contributed by atoms with Gasteiger partial charge >= 0.3 is 5.97 Å². The largest absolute Gasteiger partial charge is 0.480 e. The maximum Gasteiger partial charge on any atom is 0.322 e. The first kappa shape index (κ1) is 15.8. The highest BCUT2D eigenvalue weighted by Crippen LogP contribution is 2.19. The summed E-state index contributed by atoms with van der Waals surface area (Å²) in [4.78, 5) is 21.6. The maximum absolute atomic E-state index is 13.6. The van der Waals surface area contributed by atoms with Crippen LogP contribution in [0.2, 0.25) is 0 Å². The third-order valence-corrected chi connectivity index (χ3v) is 2.58. The summed E-state index contributed by atoms with van der Waals surface area (Å²) in [6.45, 7) is -0.805. The summed E-state index contributed by atoms with van der Waals surface area (Å²) in [5, 5.41) is 10.1. The van der Waals surface area contributed by atoms with Gasteiger partial charge in [0, 0.05) is 0 Å². The molecule has 7 nitrogen and oxygen atoms in total. The van der Waals surface area contributed by atoms with Crippen LogP contribution in [0.4, 0.5) is 14.5 Å². The van der Waals surface area contributed by atoms with Crippen molar-refractivity contribution >= 4 is 27.6 Å². The van der Waals surface area contributed by atoms with Crippen molar-refractivity contribution in [2.45, 2.75) is 0 Å². The zero-order chi connectivity index (χ0) is 15.5. The predicted octanol–water partition coefficient (Wildman–Crippen LogP) is 0.151. The van der Waals surface area contributed by atoms with E-state index in [0.29, 0.717) is 12.1 Å². The van der Waals surface area contributed by atoms with Crippen LogP contribution in [0, 0.1) is 11.6 Å². The Balaban J connectivity index is 3.06. The minimum atomic E-state index is -3.73. The van der Waals surface area contributed by atoms with Gasteiger partial charge in [0.25, 0.3) is 5.91 Å². The van der Waals surface area contributed by atoms with E-state index in [1.807, 2.05) is 4.72 Å². The number of anilines is 1. The lowest BCUT2D eigenvalue weighted by atomic mass is 10.1. The molecule has 0 atom stereocenters. The molecular formula is C10H10F2N2O5S. The van der Waals surface area contributed by atoms with Crippen LogP contribution < -0.4 is 10.0 Å².